The minimum absolute atomic E-state index is 0.0667. The molecule has 1 aliphatic rings. The predicted octanol–water partition coefficient (Wildman–Crippen LogP) is 2.12. The Hall–Kier alpha value is -0.540. The standard InChI is InChI=1S/C11H20O3/c1-3-11(6-5-7-12-4-2)10-13-8-9-14-11/h4H,2-3,5-10H2,1H3. The van der Waals surface area contributed by atoms with Crippen LogP contribution in [-0.4, -0.2) is 32.0 Å². The zero-order chi connectivity index (χ0) is 10.3. The number of rotatable bonds is 6. The van der Waals surface area contributed by atoms with Gasteiger partial charge < -0.3 is 14.2 Å². The van der Waals surface area contributed by atoms with Gasteiger partial charge in [0, 0.05) is 0 Å². The Bertz CT molecular complexity index is 162. The maximum Gasteiger partial charge on any atom is 0.0914 e. The minimum atomic E-state index is -0.0667. The van der Waals surface area contributed by atoms with Crippen molar-refractivity contribution in [2.24, 2.45) is 0 Å². The van der Waals surface area contributed by atoms with Crippen LogP contribution in [0.1, 0.15) is 26.2 Å². The summed E-state index contributed by atoms with van der Waals surface area (Å²) in [7, 11) is 0. The van der Waals surface area contributed by atoms with Crippen molar-refractivity contribution in [3.8, 4) is 0 Å². The van der Waals surface area contributed by atoms with Crippen LogP contribution in [-0.2, 0) is 14.2 Å². The second kappa shape index (κ2) is 6.04. The molecule has 3 heteroatoms. The van der Waals surface area contributed by atoms with Crippen molar-refractivity contribution in [2.75, 3.05) is 26.4 Å². The van der Waals surface area contributed by atoms with Gasteiger partial charge in [-0.2, -0.15) is 0 Å². The van der Waals surface area contributed by atoms with Gasteiger partial charge >= 0.3 is 0 Å². The second-order valence-electron chi connectivity index (χ2n) is 3.58. The maximum atomic E-state index is 5.79. The highest BCUT2D eigenvalue weighted by atomic mass is 16.6. The van der Waals surface area contributed by atoms with E-state index in [2.05, 4.69) is 13.5 Å². The lowest BCUT2D eigenvalue weighted by Crippen LogP contribution is -2.42. The molecule has 1 aliphatic heterocycles. The van der Waals surface area contributed by atoms with Gasteiger partial charge in [0.1, 0.15) is 0 Å². The normalized spacial score (nSPS) is 27.2. The molecule has 1 saturated heterocycles. The third-order valence-corrected chi connectivity index (χ3v) is 2.66. The average molecular weight is 200 g/mol. The van der Waals surface area contributed by atoms with Gasteiger partial charge in [-0.05, 0) is 19.3 Å². The lowest BCUT2D eigenvalue weighted by molar-refractivity contribution is -0.163. The molecule has 1 atom stereocenters. The highest BCUT2D eigenvalue weighted by Crippen LogP contribution is 2.25. The van der Waals surface area contributed by atoms with E-state index < -0.39 is 0 Å². The van der Waals surface area contributed by atoms with E-state index in [1.165, 1.54) is 6.26 Å². The van der Waals surface area contributed by atoms with Crippen LogP contribution in [0.2, 0.25) is 0 Å². The summed E-state index contributed by atoms with van der Waals surface area (Å²) < 4.78 is 16.3. The first-order valence-electron chi connectivity index (χ1n) is 5.27. The Morgan fingerprint density at radius 1 is 1.50 bits per heavy atom. The molecular formula is C11H20O3. The lowest BCUT2D eigenvalue weighted by Gasteiger charge is -2.36. The number of hydrogen-bond acceptors (Lipinski definition) is 3. The maximum absolute atomic E-state index is 5.79. The van der Waals surface area contributed by atoms with Crippen molar-refractivity contribution in [3.63, 3.8) is 0 Å². The fourth-order valence-corrected chi connectivity index (χ4v) is 1.70. The van der Waals surface area contributed by atoms with Crippen molar-refractivity contribution in [1.82, 2.24) is 0 Å². The molecule has 1 unspecified atom stereocenters. The Labute approximate surface area is 86.0 Å². The molecule has 0 amide bonds. The molecule has 1 heterocycles. The summed E-state index contributed by atoms with van der Waals surface area (Å²) in [5.74, 6) is 0. The molecule has 82 valence electrons. The van der Waals surface area contributed by atoms with Crippen LogP contribution in [0.4, 0.5) is 0 Å². The van der Waals surface area contributed by atoms with Gasteiger partial charge in [-0.15, -0.1) is 0 Å². The van der Waals surface area contributed by atoms with E-state index in [0.717, 1.165) is 39.1 Å². The zero-order valence-electron chi connectivity index (χ0n) is 8.96. The van der Waals surface area contributed by atoms with E-state index in [1.807, 2.05) is 0 Å². The second-order valence-corrected chi connectivity index (χ2v) is 3.58. The predicted molar refractivity (Wildman–Crippen MR) is 55.2 cm³/mol. The Morgan fingerprint density at radius 3 is 2.93 bits per heavy atom. The van der Waals surface area contributed by atoms with Gasteiger partial charge in [0.15, 0.2) is 0 Å². The molecule has 0 aromatic carbocycles. The van der Waals surface area contributed by atoms with E-state index in [-0.39, 0.29) is 5.60 Å². The van der Waals surface area contributed by atoms with Crippen molar-refractivity contribution >= 4 is 0 Å². The van der Waals surface area contributed by atoms with Gasteiger partial charge in [-0.3, -0.25) is 0 Å². The molecule has 0 radical (unpaired) electrons. The third-order valence-electron chi connectivity index (χ3n) is 2.66. The Kier molecular flexibility index (Phi) is 4.98. The molecule has 0 saturated carbocycles. The van der Waals surface area contributed by atoms with Crippen LogP contribution in [0.5, 0.6) is 0 Å². The van der Waals surface area contributed by atoms with Crippen LogP contribution in [0.3, 0.4) is 0 Å². The first-order chi connectivity index (χ1) is 6.83. The fraction of sp³-hybridized carbons (Fsp3) is 0.818. The average Bonchev–Trinajstić information content (AvgIpc) is 2.26. The van der Waals surface area contributed by atoms with Crippen molar-refractivity contribution < 1.29 is 14.2 Å². The topological polar surface area (TPSA) is 27.7 Å². The van der Waals surface area contributed by atoms with E-state index in [0.29, 0.717) is 6.61 Å². The van der Waals surface area contributed by atoms with Gasteiger partial charge in [0.25, 0.3) is 0 Å². The Morgan fingerprint density at radius 2 is 2.36 bits per heavy atom. The van der Waals surface area contributed by atoms with Crippen molar-refractivity contribution in [3.05, 3.63) is 12.8 Å². The molecule has 0 N–H and O–H groups in total. The van der Waals surface area contributed by atoms with Gasteiger partial charge in [0.05, 0.1) is 38.3 Å². The molecule has 0 aromatic heterocycles. The molecule has 0 spiro atoms. The smallest absolute Gasteiger partial charge is 0.0914 e. The zero-order valence-corrected chi connectivity index (χ0v) is 8.96. The first kappa shape index (κ1) is 11.5. The molecule has 0 bridgehead atoms. The van der Waals surface area contributed by atoms with Crippen LogP contribution in [0, 0.1) is 0 Å². The van der Waals surface area contributed by atoms with E-state index in [9.17, 15) is 0 Å². The molecule has 14 heavy (non-hydrogen) atoms. The van der Waals surface area contributed by atoms with E-state index in [1.54, 1.807) is 0 Å². The van der Waals surface area contributed by atoms with Crippen molar-refractivity contribution in [2.45, 2.75) is 31.8 Å². The van der Waals surface area contributed by atoms with E-state index >= 15 is 0 Å². The van der Waals surface area contributed by atoms with Crippen molar-refractivity contribution in [1.29, 1.82) is 0 Å². The summed E-state index contributed by atoms with van der Waals surface area (Å²) in [5.41, 5.74) is -0.0667. The van der Waals surface area contributed by atoms with Gasteiger partial charge in [-0.1, -0.05) is 13.5 Å². The summed E-state index contributed by atoms with van der Waals surface area (Å²) in [6.45, 7) is 8.53. The summed E-state index contributed by atoms with van der Waals surface area (Å²) in [6, 6.07) is 0. The number of ether oxygens (including phenoxy) is 3. The minimum Gasteiger partial charge on any atom is -0.502 e. The molecule has 1 fully saturated rings. The monoisotopic (exact) mass is 200 g/mol. The lowest BCUT2D eigenvalue weighted by atomic mass is 9.95. The Balaban J connectivity index is 2.25. The molecule has 1 rings (SSSR count). The first-order valence-corrected chi connectivity index (χ1v) is 5.27. The van der Waals surface area contributed by atoms with Gasteiger partial charge in [-0.25, -0.2) is 0 Å². The molecular weight excluding hydrogens is 180 g/mol. The fourth-order valence-electron chi connectivity index (χ4n) is 1.70. The molecule has 3 nitrogen and oxygen atoms in total. The summed E-state index contributed by atoms with van der Waals surface area (Å²) >= 11 is 0. The highest BCUT2D eigenvalue weighted by molar-refractivity contribution is 4.81. The summed E-state index contributed by atoms with van der Waals surface area (Å²) in [6.07, 6.45) is 4.47. The summed E-state index contributed by atoms with van der Waals surface area (Å²) in [5, 5.41) is 0. The SMILES string of the molecule is C=COCCCC1(CC)COCCO1. The van der Waals surface area contributed by atoms with Gasteiger partial charge in [0.2, 0.25) is 0 Å². The van der Waals surface area contributed by atoms with Crippen LogP contribution >= 0.6 is 0 Å². The summed E-state index contributed by atoms with van der Waals surface area (Å²) in [4.78, 5) is 0. The third kappa shape index (κ3) is 3.31. The largest absolute Gasteiger partial charge is 0.502 e. The van der Waals surface area contributed by atoms with Crippen LogP contribution < -0.4 is 0 Å². The van der Waals surface area contributed by atoms with Crippen LogP contribution in [0.25, 0.3) is 0 Å². The number of hydrogen-bond donors (Lipinski definition) is 0. The van der Waals surface area contributed by atoms with Crippen LogP contribution in [0.15, 0.2) is 12.8 Å². The van der Waals surface area contributed by atoms with E-state index in [4.69, 9.17) is 14.2 Å². The highest BCUT2D eigenvalue weighted by Gasteiger charge is 2.31. The molecule has 0 aromatic rings. The quantitative estimate of drug-likeness (QED) is 0.485. The molecule has 0 aliphatic carbocycles.